The molecule has 0 aliphatic carbocycles. The minimum atomic E-state index is -0.778. The van der Waals surface area contributed by atoms with Crippen LogP contribution in [-0.2, 0) is 0 Å². The number of carbonyl (C=O) groups is 2. The molecule has 2 aromatic carbocycles. The third-order valence-electron chi connectivity index (χ3n) is 3.48. The monoisotopic (exact) mass is 338 g/mol. The first kappa shape index (κ1) is 16.1. The van der Waals surface area contributed by atoms with Crippen molar-refractivity contribution in [3.05, 3.63) is 72.2 Å². The maximum atomic E-state index is 12.9. The van der Waals surface area contributed by atoms with Crippen molar-refractivity contribution in [1.82, 2.24) is 0 Å². The van der Waals surface area contributed by atoms with E-state index in [2.05, 4.69) is 0 Å². The Morgan fingerprint density at radius 3 is 1.60 bits per heavy atom. The molecule has 3 rings (SSSR count). The molecule has 3 aromatic rings. The molecular weight excluding hydrogens is 324 g/mol. The number of anilines is 2. The summed E-state index contributed by atoms with van der Waals surface area (Å²) in [6, 6.07) is 14.6. The second-order valence-corrected chi connectivity index (χ2v) is 5.20. The molecule has 0 saturated heterocycles. The Morgan fingerprint density at radius 1 is 0.760 bits per heavy atom. The van der Waals surface area contributed by atoms with Gasteiger partial charge < -0.3 is 20.4 Å². The van der Waals surface area contributed by atoms with Crippen molar-refractivity contribution in [2.45, 2.75) is 0 Å². The molecule has 2 amide bonds. The smallest absolute Gasteiger partial charge is 0.298 e. The van der Waals surface area contributed by atoms with Crippen LogP contribution in [0.5, 0.6) is 11.5 Å². The molecule has 25 heavy (non-hydrogen) atoms. The number of hydrogen-bond acceptors (Lipinski definition) is 5. The summed E-state index contributed by atoms with van der Waals surface area (Å²) >= 11 is 0. The minimum Gasteiger partial charge on any atom is -0.508 e. The third kappa shape index (κ3) is 3.30. The van der Waals surface area contributed by atoms with Crippen LogP contribution < -0.4 is 10.6 Å². The zero-order valence-electron chi connectivity index (χ0n) is 12.9. The van der Waals surface area contributed by atoms with Crippen LogP contribution in [-0.4, -0.2) is 22.0 Å². The fraction of sp³-hybridized carbons (Fsp3) is 0. The van der Waals surface area contributed by atoms with Gasteiger partial charge in [-0.15, -0.1) is 0 Å². The molecule has 4 N–H and O–H groups in total. The highest BCUT2D eigenvalue weighted by Gasteiger charge is 2.23. The number of carbonyl (C=O) groups excluding carboxylic acids is 2. The molecule has 0 unspecified atom stereocenters. The zero-order chi connectivity index (χ0) is 18.0. The molecular formula is C18H14N2O5. The van der Waals surface area contributed by atoms with Crippen LogP contribution in [0.3, 0.4) is 0 Å². The summed E-state index contributed by atoms with van der Waals surface area (Å²) in [6.07, 6.45) is 0. The topological polar surface area (TPSA) is 117 Å². The number of amides is 2. The molecule has 0 aliphatic heterocycles. The Kier molecular flexibility index (Phi) is 4.13. The molecule has 0 saturated carbocycles. The number of aromatic hydroxyl groups is 2. The maximum absolute atomic E-state index is 12.9. The number of nitrogens with two attached hydrogens (primary N) is 1. The summed E-state index contributed by atoms with van der Waals surface area (Å²) in [5.74, 6) is -1.41. The van der Waals surface area contributed by atoms with E-state index in [1.807, 2.05) is 0 Å². The molecule has 7 nitrogen and oxygen atoms in total. The first-order valence-electron chi connectivity index (χ1n) is 7.28. The summed E-state index contributed by atoms with van der Waals surface area (Å²) in [7, 11) is 0. The van der Waals surface area contributed by atoms with E-state index in [-0.39, 0.29) is 23.0 Å². The molecule has 0 radical (unpaired) electrons. The van der Waals surface area contributed by atoms with Crippen molar-refractivity contribution in [3.63, 3.8) is 0 Å². The molecule has 1 heterocycles. The summed E-state index contributed by atoms with van der Waals surface area (Å²) in [4.78, 5) is 25.4. The van der Waals surface area contributed by atoms with Crippen LogP contribution in [0.25, 0.3) is 0 Å². The van der Waals surface area contributed by atoms with E-state index in [9.17, 15) is 19.8 Å². The fourth-order valence-electron chi connectivity index (χ4n) is 2.28. The van der Waals surface area contributed by atoms with Crippen LogP contribution >= 0.6 is 0 Å². The zero-order valence-corrected chi connectivity index (χ0v) is 12.9. The van der Waals surface area contributed by atoms with Crippen molar-refractivity contribution >= 4 is 23.2 Å². The van der Waals surface area contributed by atoms with Gasteiger partial charge in [0.25, 0.3) is 11.8 Å². The second kappa shape index (κ2) is 6.40. The number of phenols is 2. The van der Waals surface area contributed by atoms with E-state index in [0.717, 1.165) is 0 Å². The highest BCUT2D eigenvalue weighted by atomic mass is 16.4. The van der Waals surface area contributed by atoms with Crippen molar-refractivity contribution in [3.8, 4) is 11.5 Å². The molecule has 126 valence electrons. The Balaban J connectivity index is 2.06. The predicted octanol–water partition coefficient (Wildman–Crippen LogP) is 2.77. The van der Waals surface area contributed by atoms with Crippen LogP contribution in [0.15, 0.2) is 65.1 Å². The van der Waals surface area contributed by atoms with Crippen LogP contribution in [0.1, 0.15) is 21.1 Å². The van der Waals surface area contributed by atoms with Gasteiger partial charge >= 0.3 is 0 Å². The molecule has 0 fully saturated rings. The minimum absolute atomic E-state index is 0.0517. The number of hydrogen-bond donors (Lipinski definition) is 3. The predicted molar refractivity (Wildman–Crippen MR) is 89.9 cm³/mol. The van der Waals surface area contributed by atoms with Gasteiger partial charge in [0.05, 0.1) is 0 Å². The van der Waals surface area contributed by atoms with Gasteiger partial charge in [0.1, 0.15) is 11.5 Å². The van der Waals surface area contributed by atoms with E-state index in [1.165, 1.54) is 41.3 Å². The first-order valence-corrected chi connectivity index (χ1v) is 7.28. The lowest BCUT2D eigenvalue weighted by Crippen LogP contribution is -2.25. The lowest BCUT2D eigenvalue weighted by Gasteiger charge is -2.22. The first-order chi connectivity index (χ1) is 12.0. The number of nitrogens with zero attached hydrogens (tertiary/aromatic N) is 1. The highest BCUT2D eigenvalue weighted by Crippen LogP contribution is 2.30. The third-order valence-corrected chi connectivity index (χ3v) is 3.48. The van der Waals surface area contributed by atoms with Gasteiger partial charge in [-0.2, -0.15) is 0 Å². The number of benzene rings is 2. The lowest BCUT2D eigenvalue weighted by atomic mass is 10.2. The highest BCUT2D eigenvalue weighted by molar-refractivity contribution is 6.09. The second-order valence-electron chi connectivity index (χ2n) is 5.20. The summed E-state index contributed by atoms with van der Waals surface area (Å²) < 4.78 is 5.21. The average molecular weight is 338 g/mol. The largest absolute Gasteiger partial charge is 0.508 e. The van der Waals surface area contributed by atoms with Crippen LogP contribution in [0, 0.1) is 0 Å². The van der Waals surface area contributed by atoms with E-state index in [4.69, 9.17) is 10.2 Å². The van der Waals surface area contributed by atoms with E-state index < -0.39 is 11.8 Å². The molecule has 0 aliphatic rings. The number of phenolic OH excluding ortho intramolecular Hbond substituents is 2. The number of rotatable bonds is 4. The quantitative estimate of drug-likeness (QED) is 0.676. The maximum Gasteiger partial charge on any atom is 0.298 e. The van der Waals surface area contributed by atoms with Gasteiger partial charge in [0.15, 0.2) is 11.5 Å². The molecule has 1 aromatic heterocycles. The van der Waals surface area contributed by atoms with Crippen molar-refractivity contribution in [2.24, 2.45) is 5.73 Å². The van der Waals surface area contributed by atoms with Crippen LogP contribution in [0.2, 0.25) is 0 Å². The Bertz CT molecular complexity index is 868. The normalized spacial score (nSPS) is 10.4. The van der Waals surface area contributed by atoms with E-state index in [1.54, 1.807) is 24.3 Å². The molecule has 7 heteroatoms. The molecule has 0 spiro atoms. The standard InChI is InChI=1S/C18H14N2O5/c19-17(23)15-9-10-16(25-15)18(24)20(11-1-5-13(21)6-2-11)12-3-7-14(22)8-4-12/h1-10,21-22H,(H2,19,23). The SMILES string of the molecule is NC(=O)c1ccc(C(=O)N(c2ccc(O)cc2)c2ccc(O)cc2)o1. The van der Waals surface area contributed by atoms with Crippen molar-refractivity contribution in [1.29, 1.82) is 0 Å². The Hall–Kier alpha value is -3.74. The van der Waals surface area contributed by atoms with Crippen LogP contribution in [0.4, 0.5) is 11.4 Å². The van der Waals surface area contributed by atoms with E-state index in [0.29, 0.717) is 11.4 Å². The van der Waals surface area contributed by atoms with Gasteiger partial charge in [-0.05, 0) is 60.7 Å². The summed E-state index contributed by atoms with van der Waals surface area (Å²) in [5, 5.41) is 18.9. The number of furan rings is 1. The molecule has 0 atom stereocenters. The van der Waals surface area contributed by atoms with Gasteiger partial charge in [0.2, 0.25) is 0 Å². The van der Waals surface area contributed by atoms with E-state index >= 15 is 0 Å². The van der Waals surface area contributed by atoms with Crippen molar-refractivity contribution in [2.75, 3.05) is 4.90 Å². The number of primary amides is 1. The van der Waals surface area contributed by atoms with Gasteiger partial charge in [-0.25, -0.2) is 0 Å². The Labute approximate surface area is 142 Å². The fourth-order valence-corrected chi connectivity index (χ4v) is 2.28. The Morgan fingerprint density at radius 2 is 1.20 bits per heavy atom. The van der Waals surface area contributed by atoms with Gasteiger partial charge in [-0.1, -0.05) is 0 Å². The molecule has 0 bridgehead atoms. The average Bonchev–Trinajstić information content (AvgIpc) is 3.09. The van der Waals surface area contributed by atoms with Gasteiger partial charge in [-0.3, -0.25) is 14.5 Å². The lowest BCUT2D eigenvalue weighted by molar-refractivity contribution is 0.0950. The summed E-state index contributed by atoms with van der Waals surface area (Å²) in [5.41, 5.74) is 6.07. The summed E-state index contributed by atoms with van der Waals surface area (Å²) in [6.45, 7) is 0. The van der Waals surface area contributed by atoms with Crippen molar-refractivity contribution < 1.29 is 24.2 Å². The van der Waals surface area contributed by atoms with Gasteiger partial charge in [0, 0.05) is 11.4 Å².